The van der Waals surface area contributed by atoms with Crippen molar-refractivity contribution in [2.75, 3.05) is 0 Å². The van der Waals surface area contributed by atoms with E-state index in [-0.39, 0.29) is 31.7 Å². The molecule has 0 saturated heterocycles. The van der Waals surface area contributed by atoms with Crippen molar-refractivity contribution in [3.63, 3.8) is 0 Å². The number of carboxylic acids is 2. The molecule has 0 radical (unpaired) electrons. The van der Waals surface area contributed by atoms with E-state index in [9.17, 15) is 14.7 Å². The number of carboxylic acid groups (broad SMARTS) is 2. The van der Waals surface area contributed by atoms with Gasteiger partial charge in [0.25, 0.3) is 0 Å². The first-order valence-corrected chi connectivity index (χ1v) is 5.04. The van der Waals surface area contributed by atoms with Gasteiger partial charge >= 0.3 is 24.8 Å². The Morgan fingerprint density at radius 2 is 1.27 bits per heavy atom. The minimum Gasteiger partial charge on any atom is -0.550 e. The molecular weight excluding hydrogens is 191 g/mol. The second-order valence-electron chi connectivity index (χ2n) is 3.39. The summed E-state index contributed by atoms with van der Waals surface area (Å²) in [6, 6.07) is 0. The Labute approximate surface area is 102 Å². The predicted octanol–water partition coefficient (Wildman–Crippen LogP) is -2.05. The summed E-state index contributed by atoms with van der Waals surface area (Å²) in [6.07, 6.45) is 5.52. The minimum absolute atomic E-state index is 0. The van der Waals surface area contributed by atoms with Crippen LogP contribution in [0.15, 0.2) is 0 Å². The van der Waals surface area contributed by atoms with E-state index in [1.54, 1.807) is 0 Å². The second-order valence-corrected chi connectivity index (χ2v) is 3.39. The maximum absolute atomic E-state index is 10.1. The zero-order valence-corrected chi connectivity index (χ0v) is 9.33. The van der Waals surface area contributed by atoms with Crippen molar-refractivity contribution in [1.82, 2.24) is 0 Å². The van der Waals surface area contributed by atoms with E-state index in [2.05, 4.69) is 0 Å². The number of hydrogen-bond acceptors (Lipinski definition) is 3. The fraction of sp³-hybridized carbons (Fsp3) is 0.800. The summed E-state index contributed by atoms with van der Waals surface area (Å²) in [4.78, 5) is 20.2. The Morgan fingerprint density at radius 1 is 0.867 bits per heavy atom. The van der Waals surface area contributed by atoms with Gasteiger partial charge in [0.15, 0.2) is 0 Å². The largest absolute Gasteiger partial charge is 1.00 e. The van der Waals surface area contributed by atoms with Gasteiger partial charge in [0.1, 0.15) is 0 Å². The standard InChI is InChI=1S/C10H18O4.Li/c11-9(12)7-5-3-1-2-4-6-8-10(13)14;/h1-8H2,(H,11,12)(H,13,14);/q;+1/p-1. The molecule has 0 aromatic heterocycles. The molecule has 0 atom stereocenters. The molecule has 0 aliphatic heterocycles. The van der Waals surface area contributed by atoms with Gasteiger partial charge in [-0.3, -0.25) is 4.79 Å². The first-order valence-electron chi connectivity index (χ1n) is 5.04. The van der Waals surface area contributed by atoms with E-state index < -0.39 is 11.9 Å². The van der Waals surface area contributed by atoms with E-state index in [1.165, 1.54) is 0 Å². The molecule has 0 amide bonds. The topological polar surface area (TPSA) is 77.4 Å². The summed E-state index contributed by atoms with van der Waals surface area (Å²) in [5.41, 5.74) is 0. The summed E-state index contributed by atoms with van der Waals surface area (Å²) in [7, 11) is 0. The molecule has 0 spiro atoms. The van der Waals surface area contributed by atoms with Crippen LogP contribution in [-0.4, -0.2) is 17.0 Å². The molecule has 0 aliphatic rings. The average Bonchev–Trinajstić information content (AvgIpc) is 2.08. The smallest absolute Gasteiger partial charge is 0.550 e. The molecule has 5 heteroatoms. The van der Waals surface area contributed by atoms with Crippen molar-refractivity contribution in [3.8, 4) is 0 Å². The number of rotatable bonds is 9. The van der Waals surface area contributed by atoms with Crippen LogP contribution in [0.2, 0.25) is 0 Å². The van der Waals surface area contributed by atoms with Crippen LogP contribution in [0.3, 0.4) is 0 Å². The number of aliphatic carboxylic acids is 2. The van der Waals surface area contributed by atoms with Gasteiger partial charge in [-0.15, -0.1) is 0 Å². The van der Waals surface area contributed by atoms with Gasteiger partial charge in [0.2, 0.25) is 0 Å². The van der Waals surface area contributed by atoms with E-state index >= 15 is 0 Å². The van der Waals surface area contributed by atoms with E-state index in [1.807, 2.05) is 0 Å². The summed E-state index contributed by atoms with van der Waals surface area (Å²) < 4.78 is 0. The SMILES string of the molecule is O=C([O-])CCCCCCCCC(=O)O.[Li+]. The van der Waals surface area contributed by atoms with Crippen molar-refractivity contribution in [2.45, 2.75) is 51.4 Å². The number of unbranched alkanes of at least 4 members (excludes halogenated alkanes) is 5. The monoisotopic (exact) mass is 208 g/mol. The van der Waals surface area contributed by atoms with Crippen molar-refractivity contribution < 1.29 is 38.7 Å². The molecule has 0 saturated carbocycles. The van der Waals surface area contributed by atoms with Crippen LogP contribution in [-0.2, 0) is 9.59 Å². The Hall–Kier alpha value is -0.463. The fourth-order valence-corrected chi connectivity index (χ4v) is 1.25. The van der Waals surface area contributed by atoms with Crippen molar-refractivity contribution in [3.05, 3.63) is 0 Å². The van der Waals surface area contributed by atoms with Gasteiger partial charge in [-0.1, -0.05) is 25.7 Å². The van der Waals surface area contributed by atoms with E-state index in [0.717, 1.165) is 32.1 Å². The molecule has 0 heterocycles. The van der Waals surface area contributed by atoms with Crippen LogP contribution in [0.25, 0.3) is 0 Å². The molecule has 0 fully saturated rings. The predicted molar refractivity (Wildman–Crippen MR) is 49.6 cm³/mol. The minimum atomic E-state index is -0.990. The second kappa shape index (κ2) is 11.6. The van der Waals surface area contributed by atoms with Crippen LogP contribution in [0.4, 0.5) is 0 Å². The van der Waals surface area contributed by atoms with Crippen molar-refractivity contribution in [1.29, 1.82) is 0 Å². The van der Waals surface area contributed by atoms with Gasteiger partial charge in [0, 0.05) is 12.4 Å². The molecule has 0 aromatic rings. The number of hydrogen-bond donors (Lipinski definition) is 1. The van der Waals surface area contributed by atoms with E-state index in [4.69, 9.17) is 5.11 Å². The molecule has 0 aliphatic carbocycles. The number of carbonyl (C=O) groups is 2. The zero-order valence-electron chi connectivity index (χ0n) is 9.33. The maximum Gasteiger partial charge on any atom is 1.00 e. The third-order valence-corrected chi connectivity index (χ3v) is 2.02. The van der Waals surface area contributed by atoms with Crippen LogP contribution < -0.4 is 24.0 Å². The quantitative estimate of drug-likeness (QED) is 0.349. The Bertz CT molecular complexity index is 162. The molecular formula is C10H17LiO4. The summed E-state index contributed by atoms with van der Waals surface area (Å²) >= 11 is 0. The Balaban J connectivity index is 0. The average molecular weight is 208 g/mol. The molecule has 1 N–H and O–H groups in total. The van der Waals surface area contributed by atoms with Gasteiger partial charge in [0.05, 0.1) is 0 Å². The molecule has 0 bridgehead atoms. The van der Waals surface area contributed by atoms with Gasteiger partial charge in [-0.25, -0.2) is 0 Å². The molecule has 0 rings (SSSR count). The molecule has 15 heavy (non-hydrogen) atoms. The van der Waals surface area contributed by atoms with Crippen LogP contribution in [0, 0.1) is 0 Å². The number of carbonyl (C=O) groups excluding carboxylic acids is 1. The van der Waals surface area contributed by atoms with Crippen LogP contribution >= 0.6 is 0 Å². The molecule has 82 valence electrons. The van der Waals surface area contributed by atoms with Gasteiger partial charge < -0.3 is 15.0 Å². The zero-order chi connectivity index (χ0) is 10.8. The maximum atomic E-state index is 10.1. The van der Waals surface area contributed by atoms with Crippen molar-refractivity contribution >= 4 is 11.9 Å². The fourth-order valence-electron chi connectivity index (χ4n) is 1.25. The Morgan fingerprint density at radius 3 is 1.67 bits per heavy atom. The molecule has 4 nitrogen and oxygen atoms in total. The van der Waals surface area contributed by atoms with Crippen molar-refractivity contribution in [2.24, 2.45) is 0 Å². The molecule has 0 aromatic carbocycles. The van der Waals surface area contributed by atoms with Crippen LogP contribution in [0.5, 0.6) is 0 Å². The summed E-state index contributed by atoms with van der Waals surface area (Å²) in [6.45, 7) is 0. The normalized spacial score (nSPS) is 9.33. The van der Waals surface area contributed by atoms with Gasteiger partial charge in [-0.2, -0.15) is 0 Å². The summed E-state index contributed by atoms with van der Waals surface area (Å²) in [5, 5.41) is 18.4. The third kappa shape index (κ3) is 16.2. The Kier molecular flexibility index (Phi) is 13.1. The first kappa shape index (κ1) is 16.9. The van der Waals surface area contributed by atoms with Crippen LogP contribution in [0.1, 0.15) is 51.4 Å². The first-order chi connectivity index (χ1) is 6.63. The molecule has 0 unspecified atom stereocenters. The van der Waals surface area contributed by atoms with E-state index in [0.29, 0.717) is 6.42 Å². The van der Waals surface area contributed by atoms with Gasteiger partial charge in [-0.05, 0) is 19.3 Å². The third-order valence-electron chi connectivity index (χ3n) is 2.02. The summed E-state index contributed by atoms with van der Waals surface area (Å²) in [5.74, 6) is -1.74.